The summed E-state index contributed by atoms with van der Waals surface area (Å²) in [6.07, 6.45) is 1.16. The van der Waals surface area contributed by atoms with Crippen LogP contribution in [0.1, 0.15) is 41.5 Å². The predicted molar refractivity (Wildman–Crippen MR) is 91.1 cm³/mol. The molecular formula is C15H18BrN3O3S. The van der Waals surface area contributed by atoms with Crippen molar-refractivity contribution in [2.24, 2.45) is 0 Å². The first-order chi connectivity index (χ1) is 10.7. The minimum Gasteiger partial charge on any atom is -0.347 e. The number of carbonyl (C=O) groups excluding carboxylic acids is 1. The van der Waals surface area contributed by atoms with Crippen LogP contribution < -0.4 is 5.32 Å². The van der Waals surface area contributed by atoms with Crippen molar-refractivity contribution in [2.45, 2.75) is 31.2 Å². The van der Waals surface area contributed by atoms with Gasteiger partial charge in [-0.1, -0.05) is 26.0 Å². The van der Waals surface area contributed by atoms with Gasteiger partial charge < -0.3 is 5.32 Å². The van der Waals surface area contributed by atoms with Crippen molar-refractivity contribution in [3.05, 3.63) is 45.7 Å². The molecule has 8 heteroatoms. The topological polar surface area (TPSA) is 91.9 Å². The predicted octanol–water partition coefficient (Wildman–Crippen LogP) is 2.63. The molecule has 0 saturated carbocycles. The lowest BCUT2D eigenvalue weighted by molar-refractivity contribution is 0.0945. The van der Waals surface area contributed by atoms with Crippen LogP contribution in [0.5, 0.6) is 0 Å². The largest absolute Gasteiger partial charge is 0.347 e. The lowest BCUT2D eigenvalue weighted by atomic mass is 10.1. The van der Waals surface area contributed by atoms with Crippen molar-refractivity contribution >= 4 is 31.7 Å². The molecule has 0 aliphatic carbocycles. The Labute approximate surface area is 143 Å². The Bertz CT molecular complexity index is 811. The molecule has 23 heavy (non-hydrogen) atoms. The Morgan fingerprint density at radius 1 is 1.30 bits per heavy atom. The van der Waals surface area contributed by atoms with Gasteiger partial charge in [0.1, 0.15) is 0 Å². The van der Waals surface area contributed by atoms with Crippen molar-refractivity contribution < 1.29 is 13.2 Å². The van der Waals surface area contributed by atoms with Gasteiger partial charge >= 0.3 is 0 Å². The van der Waals surface area contributed by atoms with Crippen LogP contribution in [0.25, 0.3) is 0 Å². The number of carbonyl (C=O) groups is 1. The van der Waals surface area contributed by atoms with E-state index < -0.39 is 9.84 Å². The fourth-order valence-electron chi connectivity index (χ4n) is 2.00. The highest BCUT2D eigenvalue weighted by molar-refractivity contribution is 9.10. The van der Waals surface area contributed by atoms with Gasteiger partial charge in [-0.2, -0.15) is 5.10 Å². The monoisotopic (exact) mass is 399 g/mol. The Morgan fingerprint density at radius 2 is 1.91 bits per heavy atom. The zero-order valence-electron chi connectivity index (χ0n) is 13.1. The summed E-state index contributed by atoms with van der Waals surface area (Å²) in [5.41, 5.74) is 1.98. The number of amides is 1. The maximum atomic E-state index is 12.2. The molecule has 124 valence electrons. The van der Waals surface area contributed by atoms with Crippen molar-refractivity contribution in [1.82, 2.24) is 15.5 Å². The first kappa shape index (κ1) is 17.7. The summed E-state index contributed by atoms with van der Waals surface area (Å²) in [7, 11) is -3.21. The molecule has 1 aromatic carbocycles. The molecule has 0 unspecified atom stereocenters. The molecule has 0 aliphatic rings. The number of nitrogens with one attached hydrogen (secondary N) is 2. The molecule has 1 heterocycles. The molecule has 2 rings (SSSR count). The molecule has 0 bridgehead atoms. The number of halogens is 1. The third-order valence-corrected chi connectivity index (χ3v) is 5.26. The minimum atomic E-state index is -3.21. The third kappa shape index (κ3) is 4.20. The van der Waals surface area contributed by atoms with Gasteiger partial charge in [0, 0.05) is 12.8 Å². The molecule has 0 radical (unpaired) electrons. The van der Waals surface area contributed by atoms with E-state index in [-0.39, 0.29) is 16.7 Å². The standard InChI is InChI=1S/C15H18BrN3O3S/c1-9(2)13-12(16)14(19-18-13)15(20)17-8-10-4-6-11(7-5-10)23(3,21)22/h4-7,9H,8H2,1-3H3,(H,17,20)(H,18,19). The van der Waals surface area contributed by atoms with Gasteiger partial charge in [0.05, 0.1) is 15.1 Å². The second-order valence-electron chi connectivity index (χ2n) is 5.55. The van der Waals surface area contributed by atoms with E-state index >= 15 is 0 Å². The maximum Gasteiger partial charge on any atom is 0.273 e. The van der Waals surface area contributed by atoms with Crippen molar-refractivity contribution in [3.8, 4) is 0 Å². The number of H-pyrrole nitrogens is 1. The van der Waals surface area contributed by atoms with Gasteiger partial charge in [0.2, 0.25) is 0 Å². The first-order valence-corrected chi connectivity index (χ1v) is 9.69. The second-order valence-corrected chi connectivity index (χ2v) is 8.36. The quantitative estimate of drug-likeness (QED) is 0.807. The lowest BCUT2D eigenvalue weighted by Gasteiger charge is -2.05. The number of hydrogen-bond acceptors (Lipinski definition) is 4. The van der Waals surface area contributed by atoms with Crippen LogP contribution in [0.2, 0.25) is 0 Å². The van der Waals surface area contributed by atoms with Crippen LogP contribution in [0.15, 0.2) is 33.6 Å². The Kier molecular flexibility index (Phi) is 5.26. The molecule has 1 aromatic heterocycles. The lowest BCUT2D eigenvalue weighted by Crippen LogP contribution is -2.23. The fraction of sp³-hybridized carbons (Fsp3) is 0.333. The minimum absolute atomic E-state index is 0.224. The summed E-state index contributed by atoms with van der Waals surface area (Å²) in [5, 5.41) is 9.65. The summed E-state index contributed by atoms with van der Waals surface area (Å²) in [5.74, 6) is -0.0748. The molecule has 0 fully saturated rings. The number of sulfone groups is 1. The first-order valence-electron chi connectivity index (χ1n) is 7.01. The zero-order chi connectivity index (χ0) is 17.2. The molecule has 6 nitrogen and oxygen atoms in total. The van der Waals surface area contributed by atoms with E-state index in [1.54, 1.807) is 12.1 Å². The van der Waals surface area contributed by atoms with E-state index in [0.717, 1.165) is 17.5 Å². The van der Waals surface area contributed by atoms with E-state index in [1.165, 1.54) is 12.1 Å². The van der Waals surface area contributed by atoms with Crippen molar-refractivity contribution in [3.63, 3.8) is 0 Å². The average molecular weight is 400 g/mol. The van der Waals surface area contributed by atoms with Crippen LogP contribution in [-0.4, -0.2) is 30.8 Å². The van der Waals surface area contributed by atoms with E-state index in [9.17, 15) is 13.2 Å². The van der Waals surface area contributed by atoms with Gasteiger partial charge in [-0.3, -0.25) is 9.89 Å². The summed E-state index contributed by atoms with van der Waals surface area (Å²) in [6.45, 7) is 4.30. The Balaban J connectivity index is 2.05. The molecular weight excluding hydrogens is 382 g/mol. The van der Waals surface area contributed by atoms with E-state index in [0.29, 0.717) is 16.7 Å². The number of hydrogen-bond donors (Lipinski definition) is 2. The maximum absolute atomic E-state index is 12.2. The number of rotatable bonds is 5. The van der Waals surface area contributed by atoms with Crippen LogP contribution >= 0.6 is 15.9 Å². The highest BCUT2D eigenvalue weighted by Gasteiger charge is 2.19. The number of aromatic amines is 1. The van der Waals surface area contributed by atoms with Crippen LogP contribution in [0.3, 0.4) is 0 Å². The third-order valence-electron chi connectivity index (χ3n) is 3.33. The second kappa shape index (κ2) is 6.84. The SMILES string of the molecule is CC(C)c1[nH]nc(C(=O)NCc2ccc(S(C)(=O)=O)cc2)c1Br. The van der Waals surface area contributed by atoms with Crippen molar-refractivity contribution in [2.75, 3.05) is 6.26 Å². The molecule has 0 spiro atoms. The Morgan fingerprint density at radius 3 is 2.39 bits per heavy atom. The molecule has 0 saturated heterocycles. The summed E-state index contributed by atoms with van der Waals surface area (Å²) >= 11 is 3.39. The molecule has 1 amide bonds. The highest BCUT2D eigenvalue weighted by Crippen LogP contribution is 2.25. The molecule has 2 aromatic rings. The van der Waals surface area contributed by atoms with Crippen LogP contribution in [0.4, 0.5) is 0 Å². The van der Waals surface area contributed by atoms with E-state index in [1.807, 2.05) is 13.8 Å². The zero-order valence-corrected chi connectivity index (χ0v) is 15.5. The van der Waals surface area contributed by atoms with Crippen LogP contribution in [0, 0.1) is 0 Å². The van der Waals surface area contributed by atoms with Gasteiger partial charge in [-0.05, 0) is 39.5 Å². The van der Waals surface area contributed by atoms with E-state index in [2.05, 4.69) is 31.4 Å². The smallest absolute Gasteiger partial charge is 0.273 e. The van der Waals surface area contributed by atoms with Gasteiger partial charge in [0.15, 0.2) is 15.5 Å². The summed E-state index contributed by atoms with van der Waals surface area (Å²) in [6, 6.07) is 6.40. The highest BCUT2D eigenvalue weighted by atomic mass is 79.9. The average Bonchev–Trinajstić information content (AvgIpc) is 2.86. The number of benzene rings is 1. The number of aromatic nitrogens is 2. The summed E-state index contributed by atoms with van der Waals surface area (Å²) < 4.78 is 23.5. The Hall–Kier alpha value is -1.67. The molecule has 0 aliphatic heterocycles. The number of nitrogens with zero attached hydrogens (tertiary/aromatic N) is 1. The molecule has 0 atom stereocenters. The van der Waals surface area contributed by atoms with Gasteiger partial charge in [0.25, 0.3) is 5.91 Å². The van der Waals surface area contributed by atoms with Crippen molar-refractivity contribution in [1.29, 1.82) is 0 Å². The normalized spacial score (nSPS) is 11.7. The summed E-state index contributed by atoms with van der Waals surface area (Å²) in [4.78, 5) is 12.4. The molecule has 2 N–H and O–H groups in total. The van der Waals surface area contributed by atoms with E-state index in [4.69, 9.17) is 0 Å². The van der Waals surface area contributed by atoms with Crippen LogP contribution in [-0.2, 0) is 16.4 Å². The van der Waals surface area contributed by atoms with Gasteiger partial charge in [-0.25, -0.2) is 8.42 Å². The van der Waals surface area contributed by atoms with Gasteiger partial charge in [-0.15, -0.1) is 0 Å². The fourth-order valence-corrected chi connectivity index (χ4v) is 3.44.